The van der Waals surface area contributed by atoms with Gasteiger partial charge in [0.15, 0.2) is 5.78 Å². The number of ketones is 1. The van der Waals surface area contributed by atoms with E-state index in [1.807, 2.05) is 12.1 Å². The van der Waals surface area contributed by atoms with Gasteiger partial charge in [-0.1, -0.05) is 24.3 Å². The molecule has 0 atom stereocenters. The summed E-state index contributed by atoms with van der Waals surface area (Å²) in [4.78, 5) is 37.3. The average Bonchev–Trinajstić information content (AvgIpc) is 3.56. The van der Waals surface area contributed by atoms with Crippen molar-refractivity contribution in [3.63, 3.8) is 0 Å². The Labute approximate surface area is 170 Å². The first-order chi connectivity index (χ1) is 14.1. The van der Waals surface area contributed by atoms with E-state index in [1.165, 1.54) is 24.0 Å². The summed E-state index contributed by atoms with van der Waals surface area (Å²) in [6, 6.07) is 13.1. The summed E-state index contributed by atoms with van der Waals surface area (Å²) in [7, 11) is 0. The molecule has 2 aromatic carbocycles. The molecule has 2 amide bonds. The number of carbonyl (C=O) groups is 3. The summed E-state index contributed by atoms with van der Waals surface area (Å²) < 4.78 is 0. The monoisotopic (exact) mass is 390 g/mol. The summed E-state index contributed by atoms with van der Waals surface area (Å²) in [6.07, 6.45) is 6.74. The number of nitrogens with one attached hydrogen (secondary N) is 2. The van der Waals surface area contributed by atoms with Crippen LogP contribution >= 0.6 is 0 Å². The van der Waals surface area contributed by atoms with E-state index in [-0.39, 0.29) is 36.5 Å². The summed E-state index contributed by atoms with van der Waals surface area (Å²) >= 11 is 0. The minimum absolute atomic E-state index is 0.0201. The van der Waals surface area contributed by atoms with Crippen LogP contribution in [0.1, 0.15) is 70.4 Å². The first kappa shape index (κ1) is 19.4. The van der Waals surface area contributed by atoms with Crippen molar-refractivity contribution in [3.8, 4) is 0 Å². The predicted octanol–water partition coefficient (Wildman–Crippen LogP) is 4.06. The van der Waals surface area contributed by atoms with Crippen LogP contribution in [0, 0.1) is 0 Å². The molecule has 5 nitrogen and oxygen atoms in total. The van der Waals surface area contributed by atoms with E-state index in [0.29, 0.717) is 16.8 Å². The Kier molecular flexibility index (Phi) is 5.74. The summed E-state index contributed by atoms with van der Waals surface area (Å²) in [5.74, 6) is -0.454. The molecule has 2 aliphatic rings. The molecule has 29 heavy (non-hydrogen) atoms. The van der Waals surface area contributed by atoms with Crippen molar-refractivity contribution in [3.05, 3.63) is 64.7 Å². The Morgan fingerprint density at radius 3 is 2.45 bits per heavy atom. The third-order valence-corrected chi connectivity index (χ3v) is 5.61. The lowest BCUT2D eigenvalue weighted by Crippen LogP contribution is -2.27. The largest absolute Gasteiger partial charge is 0.349 e. The second kappa shape index (κ2) is 8.60. The van der Waals surface area contributed by atoms with E-state index < -0.39 is 0 Å². The van der Waals surface area contributed by atoms with Crippen LogP contribution in [0.15, 0.2) is 42.5 Å². The van der Waals surface area contributed by atoms with Crippen LogP contribution in [0.4, 0.5) is 5.69 Å². The maximum Gasteiger partial charge on any atom is 0.253 e. The van der Waals surface area contributed by atoms with Gasteiger partial charge in [-0.2, -0.15) is 0 Å². The number of Topliss-reactive ketones (excluding diaryl/α,β-unsaturated/α-hetero) is 1. The normalized spacial score (nSPS) is 15.3. The molecule has 0 heterocycles. The number of para-hydroxylation sites is 1. The molecule has 0 spiro atoms. The van der Waals surface area contributed by atoms with Gasteiger partial charge in [0.05, 0.1) is 11.3 Å². The zero-order valence-corrected chi connectivity index (χ0v) is 16.5. The molecule has 0 saturated heterocycles. The van der Waals surface area contributed by atoms with E-state index in [9.17, 15) is 14.4 Å². The lowest BCUT2D eigenvalue weighted by Gasteiger charge is -2.16. The number of aryl methyl sites for hydroxylation is 2. The number of rotatable bonds is 7. The molecule has 1 fully saturated rings. The smallest absolute Gasteiger partial charge is 0.253 e. The molecule has 0 aliphatic heterocycles. The van der Waals surface area contributed by atoms with Crippen molar-refractivity contribution in [1.29, 1.82) is 0 Å². The molecule has 0 bridgehead atoms. The van der Waals surface area contributed by atoms with Gasteiger partial charge in [0, 0.05) is 24.4 Å². The van der Waals surface area contributed by atoms with Crippen molar-refractivity contribution in [2.24, 2.45) is 0 Å². The molecule has 2 aliphatic carbocycles. The molecule has 0 unspecified atom stereocenters. The lowest BCUT2D eigenvalue weighted by atomic mass is 9.89. The quantitative estimate of drug-likeness (QED) is 0.700. The Bertz CT molecular complexity index is 947. The Balaban J connectivity index is 1.34. The first-order valence-electron chi connectivity index (χ1n) is 10.4. The highest BCUT2D eigenvalue weighted by Gasteiger charge is 2.25. The number of hydrogen-bond donors (Lipinski definition) is 2. The van der Waals surface area contributed by atoms with Gasteiger partial charge in [-0.3, -0.25) is 14.4 Å². The van der Waals surface area contributed by atoms with Crippen LogP contribution in [-0.4, -0.2) is 23.6 Å². The molecule has 2 aromatic rings. The predicted molar refractivity (Wildman–Crippen MR) is 112 cm³/mol. The zero-order valence-electron chi connectivity index (χ0n) is 16.5. The number of benzene rings is 2. The number of hydrogen-bond acceptors (Lipinski definition) is 3. The molecule has 1 saturated carbocycles. The summed E-state index contributed by atoms with van der Waals surface area (Å²) in [5.41, 5.74) is 4.22. The highest BCUT2D eigenvalue weighted by atomic mass is 16.2. The van der Waals surface area contributed by atoms with E-state index in [1.54, 1.807) is 24.3 Å². The maximum absolute atomic E-state index is 12.5. The van der Waals surface area contributed by atoms with Gasteiger partial charge < -0.3 is 10.6 Å². The first-order valence-corrected chi connectivity index (χ1v) is 10.4. The van der Waals surface area contributed by atoms with Gasteiger partial charge >= 0.3 is 0 Å². The van der Waals surface area contributed by atoms with E-state index in [4.69, 9.17) is 0 Å². The highest BCUT2D eigenvalue weighted by Crippen LogP contribution is 2.24. The minimum atomic E-state index is -0.261. The standard InChI is InChI=1S/C24H26N2O3/c27-22(18-10-9-16-5-1-2-6-17(16)15-18)13-14-23(28)26-21-8-4-3-7-20(21)24(29)25-19-11-12-19/h3-4,7-10,15,19H,1-2,5-6,11-14H2,(H,25,29)(H,26,28). The number of fused-ring (bicyclic) bond motifs is 1. The van der Waals surface area contributed by atoms with E-state index >= 15 is 0 Å². The molecule has 5 heteroatoms. The number of anilines is 1. The molecular formula is C24H26N2O3. The second-order valence-corrected chi connectivity index (χ2v) is 7.96. The van der Waals surface area contributed by atoms with Crippen LogP contribution in [-0.2, 0) is 17.6 Å². The van der Waals surface area contributed by atoms with Gasteiger partial charge in [0.2, 0.25) is 5.91 Å². The van der Waals surface area contributed by atoms with Crippen LogP contribution < -0.4 is 10.6 Å². The van der Waals surface area contributed by atoms with Crippen LogP contribution in [0.3, 0.4) is 0 Å². The summed E-state index contributed by atoms with van der Waals surface area (Å²) in [6.45, 7) is 0. The summed E-state index contributed by atoms with van der Waals surface area (Å²) in [5, 5.41) is 5.73. The van der Waals surface area contributed by atoms with Crippen LogP contribution in [0.5, 0.6) is 0 Å². The van der Waals surface area contributed by atoms with Gasteiger partial charge in [0.1, 0.15) is 0 Å². The molecule has 4 rings (SSSR count). The maximum atomic E-state index is 12.5. The van der Waals surface area contributed by atoms with Crippen LogP contribution in [0.2, 0.25) is 0 Å². The third kappa shape index (κ3) is 4.91. The van der Waals surface area contributed by atoms with E-state index in [2.05, 4.69) is 16.7 Å². The third-order valence-electron chi connectivity index (χ3n) is 5.61. The van der Waals surface area contributed by atoms with Gasteiger partial charge in [0.25, 0.3) is 5.91 Å². The molecule has 150 valence electrons. The van der Waals surface area contributed by atoms with Crippen molar-refractivity contribution in [2.75, 3.05) is 5.32 Å². The fraction of sp³-hybridized carbons (Fsp3) is 0.375. The van der Waals surface area contributed by atoms with Crippen molar-refractivity contribution in [2.45, 2.75) is 57.4 Å². The van der Waals surface area contributed by atoms with Crippen LogP contribution in [0.25, 0.3) is 0 Å². The molecule has 0 aromatic heterocycles. The Morgan fingerprint density at radius 2 is 1.66 bits per heavy atom. The SMILES string of the molecule is O=C(CCC(=O)c1ccc2c(c1)CCCC2)Nc1ccccc1C(=O)NC1CC1. The van der Waals surface area contributed by atoms with Gasteiger partial charge in [-0.15, -0.1) is 0 Å². The second-order valence-electron chi connectivity index (χ2n) is 7.96. The zero-order chi connectivity index (χ0) is 20.2. The number of amides is 2. The van der Waals surface area contributed by atoms with E-state index in [0.717, 1.165) is 25.7 Å². The molecule has 2 N–H and O–H groups in total. The topological polar surface area (TPSA) is 75.3 Å². The minimum Gasteiger partial charge on any atom is -0.349 e. The highest BCUT2D eigenvalue weighted by molar-refractivity contribution is 6.05. The Morgan fingerprint density at radius 1 is 0.897 bits per heavy atom. The van der Waals surface area contributed by atoms with Crippen molar-refractivity contribution >= 4 is 23.3 Å². The van der Waals surface area contributed by atoms with Gasteiger partial charge in [-0.25, -0.2) is 0 Å². The van der Waals surface area contributed by atoms with Gasteiger partial charge in [-0.05, 0) is 67.9 Å². The molecule has 0 radical (unpaired) electrons. The van der Waals surface area contributed by atoms with Crippen molar-refractivity contribution in [1.82, 2.24) is 5.32 Å². The lowest BCUT2D eigenvalue weighted by molar-refractivity contribution is -0.116. The fourth-order valence-corrected chi connectivity index (χ4v) is 3.77. The fourth-order valence-electron chi connectivity index (χ4n) is 3.77. The Hall–Kier alpha value is -2.95. The van der Waals surface area contributed by atoms with Crippen molar-refractivity contribution < 1.29 is 14.4 Å². The average molecular weight is 390 g/mol. The number of carbonyl (C=O) groups excluding carboxylic acids is 3. The molecular weight excluding hydrogens is 364 g/mol.